The summed E-state index contributed by atoms with van der Waals surface area (Å²) in [5, 5.41) is 17.1. The van der Waals surface area contributed by atoms with E-state index in [9.17, 15) is 19.0 Å². The molecule has 0 fully saturated rings. The van der Waals surface area contributed by atoms with Crippen molar-refractivity contribution in [1.29, 1.82) is 0 Å². The number of aliphatic carboxylic acids is 2. The lowest BCUT2D eigenvalue weighted by atomic mass is 10.2. The Hall–Kier alpha value is -1.89. The van der Waals surface area contributed by atoms with Crippen LogP contribution in [0.4, 0.5) is 0 Å². The molecule has 2 atom stereocenters. The molecule has 1 aromatic carbocycles. The predicted molar refractivity (Wildman–Crippen MR) is 78.2 cm³/mol. The van der Waals surface area contributed by atoms with Crippen molar-refractivity contribution in [1.82, 2.24) is 0 Å². The third-order valence-corrected chi connectivity index (χ3v) is 4.64. The molecule has 0 amide bonds. The molecular formula is C13H18NO7P. The zero-order valence-corrected chi connectivity index (χ0v) is 12.6. The van der Waals surface area contributed by atoms with Crippen LogP contribution in [0.2, 0.25) is 0 Å². The van der Waals surface area contributed by atoms with Gasteiger partial charge in [0.15, 0.2) is 6.61 Å². The number of carbonyl (C=O) groups is 2. The second kappa shape index (κ2) is 7.93. The smallest absolute Gasteiger partial charge is 0.341 e. The van der Waals surface area contributed by atoms with Gasteiger partial charge in [-0.15, -0.1) is 0 Å². The number of nitrogens with two attached hydrogens (primary N) is 1. The summed E-state index contributed by atoms with van der Waals surface area (Å²) < 4.78 is 17.0. The molecule has 0 aliphatic rings. The van der Waals surface area contributed by atoms with Crippen molar-refractivity contribution in [3.8, 4) is 5.75 Å². The third-order valence-electron chi connectivity index (χ3n) is 2.82. The van der Waals surface area contributed by atoms with Gasteiger partial charge in [0, 0.05) is 12.3 Å². The molecule has 1 rings (SSSR count). The highest BCUT2D eigenvalue weighted by Crippen LogP contribution is 2.45. The van der Waals surface area contributed by atoms with E-state index in [0.717, 1.165) is 0 Å². The summed E-state index contributed by atoms with van der Waals surface area (Å²) in [6, 6.07) is 4.95. The number of ether oxygens (including phenoxy) is 1. The Labute approximate surface area is 127 Å². The van der Waals surface area contributed by atoms with Crippen LogP contribution in [0.5, 0.6) is 5.75 Å². The molecule has 22 heavy (non-hydrogen) atoms. The number of hydrogen-bond donors (Lipinski definition) is 4. The van der Waals surface area contributed by atoms with Crippen molar-refractivity contribution in [2.75, 3.05) is 12.8 Å². The van der Waals surface area contributed by atoms with Gasteiger partial charge in [0.1, 0.15) is 11.8 Å². The summed E-state index contributed by atoms with van der Waals surface area (Å²) in [6.45, 7) is -0.467. The van der Waals surface area contributed by atoms with Gasteiger partial charge in [-0.05, 0) is 24.1 Å². The molecule has 0 aliphatic heterocycles. The Morgan fingerprint density at radius 1 is 1.23 bits per heavy atom. The van der Waals surface area contributed by atoms with Crippen molar-refractivity contribution >= 4 is 19.3 Å². The zero-order valence-electron chi connectivity index (χ0n) is 11.7. The summed E-state index contributed by atoms with van der Waals surface area (Å²) in [6.07, 6.45) is -0.376. The molecule has 8 nitrogen and oxygen atoms in total. The quantitative estimate of drug-likeness (QED) is 0.484. The van der Waals surface area contributed by atoms with Gasteiger partial charge >= 0.3 is 11.9 Å². The summed E-state index contributed by atoms with van der Waals surface area (Å²) in [5.74, 6) is -1.97. The molecule has 9 heteroatoms. The van der Waals surface area contributed by atoms with E-state index < -0.39 is 32.0 Å². The van der Waals surface area contributed by atoms with Crippen molar-refractivity contribution < 1.29 is 34.0 Å². The fourth-order valence-corrected chi connectivity index (χ4v) is 3.29. The molecule has 0 bridgehead atoms. The number of rotatable bonds is 9. The van der Waals surface area contributed by atoms with E-state index in [2.05, 4.69) is 0 Å². The molecule has 0 spiro atoms. The minimum atomic E-state index is -3.53. The maximum absolute atomic E-state index is 12.0. The zero-order chi connectivity index (χ0) is 16.8. The van der Waals surface area contributed by atoms with Crippen LogP contribution in [0.3, 0.4) is 0 Å². The van der Waals surface area contributed by atoms with Crippen LogP contribution in [0.1, 0.15) is 12.0 Å². The fraction of sp³-hybridized carbons (Fsp3) is 0.385. The molecule has 122 valence electrons. The molecule has 0 aliphatic carbocycles. The van der Waals surface area contributed by atoms with Crippen molar-refractivity contribution in [3.05, 3.63) is 29.8 Å². The lowest BCUT2D eigenvalue weighted by Gasteiger charge is -2.13. The van der Waals surface area contributed by atoms with Crippen LogP contribution >= 0.6 is 7.37 Å². The average molecular weight is 331 g/mol. The molecule has 0 radical (unpaired) electrons. The van der Waals surface area contributed by atoms with Crippen LogP contribution in [0, 0.1) is 0 Å². The number of carboxylic acid groups (broad SMARTS) is 2. The topological polar surface area (TPSA) is 147 Å². The maximum atomic E-state index is 12.0. The second-order valence-corrected chi connectivity index (χ2v) is 7.24. The van der Waals surface area contributed by atoms with Crippen LogP contribution in [0.25, 0.3) is 0 Å². The van der Waals surface area contributed by atoms with Crippen LogP contribution < -0.4 is 10.5 Å². The van der Waals surface area contributed by atoms with Crippen LogP contribution in [0.15, 0.2) is 24.3 Å². The Bertz CT molecular complexity index is 572. The van der Waals surface area contributed by atoms with Gasteiger partial charge in [-0.1, -0.05) is 12.1 Å². The van der Waals surface area contributed by atoms with Crippen LogP contribution in [-0.2, 0) is 20.3 Å². The Balaban J connectivity index is 2.56. The lowest BCUT2D eigenvalue weighted by Crippen LogP contribution is -2.30. The molecule has 2 unspecified atom stereocenters. The van der Waals surface area contributed by atoms with Gasteiger partial charge in [-0.3, -0.25) is 9.36 Å². The minimum absolute atomic E-state index is 0.0804. The van der Waals surface area contributed by atoms with E-state index in [1.807, 2.05) is 0 Å². The Kier molecular flexibility index (Phi) is 6.55. The summed E-state index contributed by atoms with van der Waals surface area (Å²) in [4.78, 5) is 30.8. The van der Waals surface area contributed by atoms with Crippen LogP contribution in [-0.4, -0.2) is 45.9 Å². The van der Waals surface area contributed by atoms with E-state index in [4.69, 9.17) is 20.7 Å². The molecule has 1 aromatic rings. The SMILES string of the molecule is NC(CCP(=O)(O)Cc1ccc(OCC(=O)O)cc1)C(=O)O. The normalized spacial score (nSPS) is 14.8. The molecule has 0 saturated carbocycles. The highest BCUT2D eigenvalue weighted by molar-refractivity contribution is 7.57. The third kappa shape index (κ3) is 6.71. The fourth-order valence-electron chi connectivity index (χ4n) is 1.66. The number of hydrogen-bond acceptors (Lipinski definition) is 5. The van der Waals surface area contributed by atoms with E-state index in [0.29, 0.717) is 11.3 Å². The Morgan fingerprint density at radius 3 is 2.32 bits per heavy atom. The summed E-state index contributed by atoms with van der Waals surface area (Å²) >= 11 is 0. The molecule has 0 heterocycles. The van der Waals surface area contributed by atoms with Gasteiger partial charge in [0.05, 0.1) is 0 Å². The maximum Gasteiger partial charge on any atom is 0.341 e. The van der Waals surface area contributed by atoms with E-state index in [1.165, 1.54) is 12.1 Å². The lowest BCUT2D eigenvalue weighted by molar-refractivity contribution is -0.139. The first kappa shape index (κ1) is 18.2. The van der Waals surface area contributed by atoms with E-state index >= 15 is 0 Å². The number of carboxylic acids is 2. The molecular weight excluding hydrogens is 313 g/mol. The van der Waals surface area contributed by atoms with Crippen molar-refractivity contribution in [2.45, 2.75) is 18.6 Å². The first-order valence-corrected chi connectivity index (χ1v) is 8.45. The first-order chi connectivity index (χ1) is 10.2. The molecule has 0 saturated heterocycles. The highest BCUT2D eigenvalue weighted by atomic mass is 31.2. The highest BCUT2D eigenvalue weighted by Gasteiger charge is 2.22. The number of benzene rings is 1. The van der Waals surface area contributed by atoms with Gasteiger partial charge in [0.2, 0.25) is 7.37 Å². The molecule has 0 aromatic heterocycles. The van der Waals surface area contributed by atoms with Gasteiger partial charge in [-0.2, -0.15) is 0 Å². The molecule has 5 N–H and O–H groups in total. The predicted octanol–water partition coefficient (Wildman–Crippen LogP) is 0.722. The van der Waals surface area contributed by atoms with Crippen molar-refractivity contribution in [3.63, 3.8) is 0 Å². The van der Waals surface area contributed by atoms with Gasteiger partial charge in [0.25, 0.3) is 0 Å². The average Bonchev–Trinajstić information content (AvgIpc) is 2.43. The summed E-state index contributed by atoms with van der Waals surface area (Å²) in [5.41, 5.74) is 5.87. The standard InChI is InChI=1S/C13H18NO7P/c14-11(13(17)18)5-6-22(19,20)8-9-1-3-10(4-2-9)21-7-12(15)16/h1-4,11H,5-8,14H2,(H,15,16)(H,17,18)(H,19,20). The second-order valence-electron chi connectivity index (χ2n) is 4.79. The van der Waals surface area contributed by atoms with Crippen molar-refractivity contribution in [2.24, 2.45) is 5.73 Å². The largest absolute Gasteiger partial charge is 0.482 e. The first-order valence-electron chi connectivity index (χ1n) is 6.42. The van der Waals surface area contributed by atoms with E-state index in [1.54, 1.807) is 12.1 Å². The van der Waals surface area contributed by atoms with Gasteiger partial charge < -0.3 is 25.6 Å². The van der Waals surface area contributed by atoms with Gasteiger partial charge in [-0.25, -0.2) is 4.79 Å². The monoisotopic (exact) mass is 331 g/mol. The minimum Gasteiger partial charge on any atom is -0.482 e. The summed E-state index contributed by atoms with van der Waals surface area (Å²) in [7, 11) is -3.53. The Morgan fingerprint density at radius 2 is 1.82 bits per heavy atom. The van der Waals surface area contributed by atoms with E-state index in [-0.39, 0.29) is 18.7 Å².